The van der Waals surface area contributed by atoms with Crippen LogP contribution in [0.15, 0.2) is 12.3 Å². The van der Waals surface area contributed by atoms with Crippen LogP contribution in [0.5, 0.6) is 5.75 Å². The first-order valence-corrected chi connectivity index (χ1v) is 4.82. The molecule has 12 heavy (non-hydrogen) atoms. The minimum Gasteiger partial charge on any atom is -0.489 e. The lowest BCUT2D eigenvalue weighted by Gasteiger charge is -2.05. The molecule has 64 valence electrons. The van der Waals surface area contributed by atoms with Crippen LogP contribution in [0.25, 0.3) is 0 Å². The second kappa shape index (κ2) is 3.16. The molecule has 0 spiro atoms. The van der Waals surface area contributed by atoms with Gasteiger partial charge in [-0.3, -0.25) is 0 Å². The van der Waals surface area contributed by atoms with Gasteiger partial charge in [-0.2, -0.15) is 4.39 Å². The molecular weight excluding hydrogens is 272 g/mol. The number of hydrogen-bond donors (Lipinski definition) is 0. The third-order valence-corrected chi connectivity index (χ3v) is 2.61. The van der Waals surface area contributed by atoms with Gasteiger partial charge >= 0.3 is 0 Å². The Balaban J connectivity index is 2.23. The molecule has 1 aromatic heterocycles. The van der Waals surface area contributed by atoms with Gasteiger partial charge in [0.1, 0.15) is 9.32 Å². The van der Waals surface area contributed by atoms with Gasteiger partial charge in [-0.25, -0.2) is 4.98 Å². The number of nitrogens with zero attached hydrogens (tertiary/aromatic N) is 1. The molecule has 0 saturated heterocycles. The quantitative estimate of drug-likeness (QED) is 0.612. The van der Waals surface area contributed by atoms with Crippen LogP contribution >= 0.6 is 22.6 Å². The van der Waals surface area contributed by atoms with Crippen LogP contribution in [0, 0.1) is 9.52 Å². The van der Waals surface area contributed by atoms with Gasteiger partial charge in [0.05, 0.1) is 6.10 Å². The van der Waals surface area contributed by atoms with Crippen LogP contribution in [-0.4, -0.2) is 11.1 Å². The maximum atomic E-state index is 12.9. The van der Waals surface area contributed by atoms with E-state index in [0.717, 1.165) is 12.8 Å². The minimum absolute atomic E-state index is 0.306. The highest BCUT2D eigenvalue weighted by Gasteiger charge is 2.24. The van der Waals surface area contributed by atoms with E-state index in [1.165, 1.54) is 6.20 Å². The fourth-order valence-corrected chi connectivity index (χ4v) is 1.30. The molecule has 0 aromatic carbocycles. The molecule has 0 amide bonds. The zero-order chi connectivity index (χ0) is 8.55. The van der Waals surface area contributed by atoms with Crippen molar-refractivity contribution < 1.29 is 9.13 Å². The average Bonchev–Trinajstić information content (AvgIpc) is 2.83. The van der Waals surface area contributed by atoms with Gasteiger partial charge in [0, 0.05) is 6.20 Å². The van der Waals surface area contributed by atoms with Gasteiger partial charge in [0.25, 0.3) is 0 Å². The summed E-state index contributed by atoms with van der Waals surface area (Å²) in [7, 11) is 0. The van der Waals surface area contributed by atoms with Crippen LogP contribution < -0.4 is 4.74 Å². The third kappa shape index (κ3) is 1.68. The smallest absolute Gasteiger partial charge is 0.230 e. The topological polar surface area (TPSA) is 22.1 Å². The predicted octanol–water partition coefficient (Wildman–Crippen LogP) is 2.37. The summed E-state index contributed by atoms with van der Waals surface area (Å²) >= 11 is 1.90. The normalized spacial score (nSPS) is 16.2. The molecular formula is C8H7FINO. The van der Waals surface area contributed by atoms with Crippen molar-refractivity contribution in [1.82, 2.24) is 4.98 Å². The zero-order valence-corrected chi connectivity index (χ0v) is 8.42. The van der Waals surface area contributed by atoms with Gasteiger partial charge in [-0.1, -0.05) is 0 Å². The lowest BCUT2D eigenvalue weighted by molar-refractivity contribution is 0.298. The van der Waals surface area contributed by atoms with E-state index >= 15 is 0 Å². The fourth-order valence-electron chi connectivity index (χ4n) is 0.858. The Bertz CT molecular complexity index is 301. The molecule has 2 rings (SSSR count). The Kier molecular flexibility index (Phi) is 2.16. The van der Waals surface area contributed by atoms with Crippen LogP contribution in [0.1, 0.15) is 12.8 Å². The summed E-state index contributed by atoms with van der Waals surface area (Å²) in [5.41, 5.74) is 0. The first-order valence-electron chi connectivity index (χ1n) is 3.74. The fraction of sp³-hybridized carbons (Fsp3) is 0.375. The maximum Gasteiger partial charge on any atom is 0.230 e. The number of ether oxygens (including phenoxy) is 1. The first-order chi connectivity index (χ1) is 5.77. The Morgan fingerprint density at radius 2 is 2.33 bits per heavy atom. The van der Waals surface area contributed by atoms with E-state index in [-0.39, 0.29) is 0 Å². The van der Waals surface area contributed by atoms with Crippen molar-refractivity contribution in [2.75, 3.05) is 0 Å². The highest BCUT2D eigenvalue weighted by Crippen LogP contribution is 2.30. The molecule has 0 N–H and O–H groups in total. The molecule has 1 heterocycles. The Labute approximate surface area is 83.3 Å². The van der Waals surface area contributed by atoms with E-state index in [9.17, 15) is 4.39 Å². The molecule has 0 aliphatic heterocycles. The van der Waals surface area contributed by atoms with Gasteiger partial charge in [-0.15, -0.1) is 0 Å². The van der Waals surface area contributed by atoms with Crippen LogP contribution in [0.3, 0.4) is 0 Å². The lowest BCUT2D eigenvalue weighted by atomic mass is 10.4. The van der Waals surface area contributed by atoms with Crippen molar-refractivity contribution in [3.8, 4) is 5.75 Å². The second-order valence-electron chi connectivity index (χ2n) is 2.73. The van der Waals surface area contributed by atoms with Crippen molar-refractivity contribution >= 4 is 22.6 Å². The van der Waals surface area contributed by atoms with Crippen LogP contribution in [0.2, 0.25) is 0 Å². The summed E-state index contributed by atoms with van der Waals surface area (Å²) < 4.78 is 18.8. The molecule has 1 aromatic rings. The van der Waals surface area contributed by atoms with E-state index in [1.54, 1.807) is 6.07 Å². The molecule has 0 radical (unpaired) electrons. The van der Waals surface area contributed by atoms with Crippen molar-refractivity contribution in [1.29, 1.82) is 0 Å². The van der Waals surface area contributed by atoms with Crippen molar-refractivity contribution in [2.45, 2.75) is 18.9 Å². The summed E-state index contributed by atoms with van der Waals surface area (Å²) in [5.74, 6) is 0.166. The summed E-state index contributed by atoms with van der Waals surface area (Å²) in [6.45, 7) is 0. The van der Waals surface area contributed by atoms with Crippen molar-refractivity contribution in [2.24, 2.45) is 0 Å². The second-order valence-corrected chi connectivity index (χ2v) is 3.81. The average molecular weight is 279 g/mol. The van der Waals surface area contributed by atoms with Crippen LogP contribution in [0.4, 0.5) is 4.39 Å². The highest BCUT2D eigenvalue weighted by molar-refractivity contribution is 14.1. The van der Waals surface area contributed by atoms with Gasteiger partial charge in [0.2, 0.25) is 5.95 Å². The number of halogens is 2. The minimum atomic E-state index is -0.450. The molecule has 1 fully saturated rings. The molecule has 1 saturated carbocycles. The summed E-state index contributed by atoms with van der Waals surface area (Å²) in [6.07, 6.45) is 3.90. The van der Waals surface area contributed by atoms with Crippen LogP contribution in [-0.2, 0) is 0 Å². The summed E-state index contributed by atoms with van der Waals surface area (Å²) in [6, 6.07) is 1.70. The van der Waals surface area contributed by atoms with E-state index in [0.29, 0.717) is 15.4 Å². The van der Waals surface area contributed by atoms with Gasteiger partial charge in [0.15, 0.2) is 0 Å². The SMILES string of the molecule is Fc1nccc(OC2CC2)c1I. The first kappa shape index (κ1) is 8.22. The van der Waals surface area contributed by atoms with E-state index < -0.39 is 5.95 Å². The molecule has 0 bridgehead atoms. The highest BCUT2D eigenvalue weighted by atomic mass is 127. The van der Waals surface area contributed by atoms with Gasteiger partial charge in [-0.05, 0) is 41.5 Å². The largest absolute Gasteiger partial charge is 0.489 e. The number of hydrogen-bond acceptors (Lipinski definition) is 2. The standard InChI is InChI=1S/C8H7FINO/c9-8-7(10)6(3-4-11-8)12-5-1-2-5/h3-5H,1-2H2. The molecule has 0 atom stereocenters. The zero-order valence-electron chi connectivity index (χ0n) is 6.26. The summed E-state index contributed by atoms with van der Waals surface area (Å²) in [5, 5.41) is 0. The Morgan fingerprint density at radius 3 is 3.00 bits per heavy atom. The molecule has 1 aliphatic rings. The third-order valence-electron chi connectivity index (χ3n) is 1.63. The molecule has 2 nitrogen and oxygen atoms in total. The Morgan fingerprint density at radius 1 is 1.58 bits per heavy atom. The summed E-state index contributed by atoms with van der Waals surface area (Å²) in [4.78, 5) is 3.51. The molecule has 1 aliphatic carbocycles. The van der Waals surface area contributed by atoms with E-state index in [2.05, 4.69) is 4.98 Å². The number of rotatable bonds is 2. The van der Waals surface area contributed by atoms with E-state index in [4.69, 9.17) is 4.74 Å². The van der Waals surface area contributed by atoms with E-state index in [1.807, 2.05) is 22.6 Å². The maximum absolute atomic E-state index is 12.9. The molecule has 4 heteroatoms. The van der Waals surface area contributed by atoms with Crippen molar-refractivity contribution in [3.05, 3.63) is 21.8 Å². The monoisotopic (exact) mass is 279 g/mol. The lowest BCUT2D eigenvalue weighted by Crippen LogP contribution is -2.00. The molecule has 0 unspecified atom stereocenters. The number of aromatic nitrogens is 1. The van der Waals surface area contributed by atoms with Crippen molar-refractivity contribution in [3.63, 3.8) is 0 Å². The number of pyridine rings is 1. The predicted molar refractivity (Wildman–Crippen MR) is 50.6 cm³/mol. The Hall–Kier alpha value is -0.390. The van der Waals surface area contributed by atoms with Gasteiger partial charge < -0.3 is 4.74 Å².